The predicted octanol–water partition coefficient (Wildman–Crippen LogP) is 2.74. The van der Waals surface area contributed by atoms with Gasteiger partial charge in [0.2, 0.25) is 5.91 Å². The van der Waals surface area contributed by atoms with Gasteiger partial charge in [-0.25, -0.2) is 18.6 Å². The molecule has 0 bridgehead atoms. The molecule has 8 heteroatoms. The molecule has 0 unspecified atom stereocenters. The van der Waals surface area contributed by atoms with Crippen LogP contribution in [0.1, 0.15) is 23.0 Å². The molecule has 1 heterocycles. The molecule has 0 aliphatic carbocycles. The van der Waals surface area contributed by atoms with Gasteiger partial charge < -0.3 is 10.1 Å². The third kappa shape index (κ3) is 4.32. The number of thiazole rings is 1. The maximum absolute atomic E-state index is 13.0. The van der Waals surface area contributed by atoms with Crippen molar-refractivity contribution in [2.45, 2.75) is 13.5 Å². The summed E-state index contributed by atoms with van der Waals surface area (Å²) in [7, 11) is 0. The van der Waals surface area contributed by atoms with Crippen molar-refractivity contribution in [1.82, 2.24) is 4.98 Å². The molecule has 0 fully saturated rings. The number of benzene rings is 1. The topological polar surface area (TPSA) is 68.3 Å². The number of carbonyl (C=O) groups excluding carboxylic acids is 2. The average Bonchev–Trinajstić information content (AvgIpc) is 2.81. The number of nitrogens with zero attached hydrogens (tertiary/aromatic N) is 1. The van der Waals surface area contributed by atoms with Gasteiger partial charge >= 0.3 is 5.97 Å². The van der Waals surface area contributed by atoms with E-state index in [1.807, 2.05) is 0 Å². The van der Waals surface area contributed by atoms with Crippen LogP contribution >= 0.6 is 11.3 Å². The molecule has 0 atom stereocenters. The third-order valence-corrected chi connectivity index (χ3v) is 3.09. The summed E-state index contributed by atoms with van der Waals surface area (Å²) in [5.41, 5.74) is 0.207. The molecule has 0 spiro atoms. The van der Waals surface area contributed by atoms with Gasteiger partial charge in [0.1, 0.15) is 18.2 Å². The first-order valence-electron chi connectivity index (χ1n) is 5.79. The highest BCUT2D eigenvalue weighted by atomic mass is 32.1. The zero-order valence-electron chi connectivity index (χ0n) is 10.9. The highest BCUT2D eigenvalue weighted by Gasteiger charge is 2.12. The maximum Gasteiger partial charge on any atom is 0.338 e. The summed E-state index contributed by atoms with van der Waals surface area (Å²) in [6.07, 6.45) is 0. The van der Waals surface area contributed by atoms with E-state index in [9.17, 15) is 18.4 Å². The number of amides is 1. The van der Waals surface area contributed by atoms with Gasteiger partial charge in [0.25, 0.3) is 0 Å². The van der Waals surface area contributed by atoms with Gasteiger partial charge in [-0.15, -0.1) is 11.3 Å². The zero-order chi connectivity index (χ0) is 15.4. The Hall–Kier alpha value is -2.35. The predicted molar refractivity (Wildman–Crippen MR) is 71.9 cm³/mol. The Morgan fingerprint density at radius 1 is 1.29 bits per heavy atom. The van der Waals surface area contributed by atoms with Gasteiger partial charge in [-0.2, -0.15) is 0 Å². The fourth-order valence-electron chi connectivity index (χ4n) is 1.48. The number of hydrogen-bond donors (Lipinski definition) is 1. The van der Waals surface area contributed by atoms with E-state index in [0.717, 1.165) is 12.1 Å². The SMILES string of the molecule is CC(=O)Nc1nc(COC(=O)c2cc(F)cc(F)c2)cs1. The van der Waals surface area contributed by atoms with Crippen LogP contribution in [0.25, 0.3) is 0 Å². The molecule has 1 N–H and O–H groups in total. The maximum atomic E-state index is 13.0. The molecule has 110 valence electrons. The van der Waals surface area contributed by atoms with Gasteiger partial charge in [-0.05, 0) is 12.1 Å². The van der Waals surface area contributed by atoms with Crippen molar-refractivity contribution in [2.75, 3.05) is 5.32 Å². The van der Waals surface area contributed by atoms with E-state index in [0.29, 0.717) is 16.9 Å². The number of esters is 1. The second-order valence-corrected chi connectivity index (χ2v) is 4.92. The van der Waals surface area contributed by atoms with Crippen LogP contribution in [0.4, 0.5) is 13.9 Å². The van der Waals surface area contributed by atoms with Gasteiger partial charge in [0, 0.05) is 18.4 Å². The number of halogens is 2. The molecule has 2 aromatic rings. The fraction of sp³-hybridized carbons (Fsp3) is 0.154. The Balaban J connectivity index is 1.97. The zero-order valence-corrected chi connectivity index (χ0v) is 11.7. The number of hydrogen-bond acceptors (Lipinski definition) is 5. The smallest absolute Gasteiger partial charge is 0.338 e. The molecule has 1 amide bonds. The summed E-state index contributed by atoms with van der Waals surface area (Å²) in [6.45, 7) is 1.19. The molecule has 0 aliphatic rings. The summed E-state index contributed by atoms with van der Waals surface area (Å²) in [4.78, 5) is 26.5. The second kappa shape index (κ2) is 6.40. The lowest BCUT2D eigenvalue weighted by molar-refractivity contribution is -0.114. The minimum absolute atomic E-state index is 0.160. The largest absolute Gasteiger partial charge is 0.456 e. The van der Waals surface area contributed by atoms with Gasteiger partial charge in [-0.3, -0.25) is 4.79 Å². The van der Waals surface area contributed by atoms with Crippen molar-refractivity contribution in [3.05, 3.63) is 46.5 Å². The van der Waals surface area contributed by atoms with Crippen LogP contribution in [-0.2, 0) is 16.1 Å². The van der Waals surface area contributed by atoms with Crippen LogP contribution in [0.5, 0.6) is 0 Å². The monoisotopic (exact) mass is 312 g/mol. The van der Waals surface area contributed by atoms with Crippen molar-refractivity contribution in [3.63, 3.8) is 0 Å². The summed E-state index contributed by atoms with van der Waals surface area (Å²) in [6, 6.07) is 2.43. The molecular weight excluding hydrogens is 302 g/mol. The van der Waals surface area contributed by atoms with E-state index in [-0.39, 0.29) is 18.1 Å². The minimum Gasteiger partial charge on any atom is -0.456 e. The normalized spacial score (nSPS) is 10.2. The number of carbonyl (C=O) groups is 2. The van der Waals surface area contributed by atoms with E-state index < -0.39 is 17.6 Å². The van der Waals surface area contributed by atoms with E-state index in [1.54, 1.807) is 5.38 Å². The van der Waals surface area contributed by atoms with E-state index in [1.165, 1.54) is 18.3 Å². The lowest BCUT2D eigenvalue weighted by Gasteiger charge is -2.03. The van der Waals surface area contributed by atoms with Crippen LogP contribution in [-0.4, -0.2) is 16.9 Å². The van der Waals surface area contributed by atoms with Gasteiger partial charge in [-0.1, -0.05) is 0 Å². The second-order valence-electron chi connectivity index (χ2n) is 4.06. The Labute approximate surface area is 122 Å². The average molecular weight is 312 g/mol. The van der Waals surface area contributed by atoms with E-state index >= 15 is 0 Å². The third-order valence-electron chi connectivity index (χ3n) is 2.28. The number of rotatable bonds is 4. The summed E-state index contributed by atoms with van der Waals surface area (Å²) < 4.78 is 30.9. The van der Waals surface area contributed by atoms with Gasteiger partial charge in [0.05, 0.1) is 11.3 Å². The van der Waals surface area contributed by atoms with Gasteiger partial charge in [0.15, 0.2) is 5.13 Å². The minimum atomic E-state index is -0.859. The van der Waals surface area contributed by atoms with Crippen LogP contribution in [0.3, 0.4) is 0 Å². The molecule has 0 saturated carbocycles. The van der Waals surface area contributed by atoms with Crippen molar-refractivity contribution in [3.8, 4) is 0 Å². The quantitative estimate of drug-likeness (QED) is 0.881. The Bertz CT molecular complexity index is 668. The highest BCUT2D eigenvalue weighted by molar-refractivity contribution is 7.13. The number of nitrogens with one attached hydrogen (secondary N) is 1. The first kappa shape index (κ1) is 15.0. The summed E-state index contributed by atoms with van der Waals surface area (Å²) in [5, 5.41) is 4.47. The molecule has 0 saturated heterocycles. The van der Waals surface area contributed by atoms with Crippen LogP contribution in [0, 0.1) is 11.6 Å². The fourth-order valence-corrected chi connectivity index (χ4v) is 2.22. The van der Waals surface area contributed by atoms with Crippen molar-refractivity contribution >= 4 is 28.3 Å². The molecule has 0 radical (unpaired) electrons. The molecule has 2 rings (SSSR count). The standard InChI is InChI=1S/C13H10F2N2O3S/c1-7(18)16-13-17-11(6-21-13)5-20-12(19)8-2-9(14)4-10(15)3-8/h2-4,6H,5H2,1H3,(H,16,17,18). The van der Waals surface area contributed by atoms with E-state index in [4.69, 9.17) is 4.74 Å². The van der Waals surface area contributed by atoms with Crippen LogP contribution < -0.4 is 5.32 Å². The number of aromatic nitrogens is 1. The molecule has 1 aromatic carbocycles. The number of anilines is 1. The number of ether oxygens (including phenoxy) is 1. The molecule has 1 aromatic heterocycles. The first-order valence-corrected chi connectivity index (χ1v) is 6.67. The van der Waals surface area contributed by atoms with Crippen molar-refractivity contribution in [2.24, 2.45) is 0 Å². The van der Waals surface area contributed by atoms with E-state index in [2.05, 4.69) is 10.3 Å². The Kier molecular flexibility index (Phi) is 4.59. The Morgan fingerprint density at radius 3 is 2.57 bits per heavy atom. The molecule has 0 aliphatic heterocycles. The van der Waals surface area contributed by atoms with Crippen LogP contribution in [0.15, 0.2) is 23.6 Å². The molecular formula is C13H10F2N2O3S. The first-order chi connectivity index (χ1) is 9.94. The highest BCUT2D eigenvalue weighted by Crippen LogP contribution is 2.17. The summed E-state index contributed by atoms with van der Waals surface area (Å²) in [5.74, 6) is -2.84. The van der Waals surface area contributed by atoms with Crippen LogP contribution in [0.2, 0.25) is 0 Å². The molecule has 21 heavy (non-hydrogen) atoms. The Morgan fingerprint density at radius 2 is 1.95 bits per heavy atom. The molecule has 5 nitrogen and oxygen atoms in total. The van der Waals surface area contributed by atoms with Crippen molar-refractivity contribution < 1.29 is 23.1 Å². The van der Waals surface area contributed by atoms with Crippen molar-refractivity contribution in [1.29, 1.82) is 0 Å². The lowest BCUT2D eigenvalue weighted by atomic mass is 10.2. The lowest BCUT2D eigenvalue weighted by Crippen LogP contribution is -2.07. The summed E-state index contributed by atoms with van der Waals surface area (Å²) >= 11 is 1.18.